The number of amides is 2. The van der Waals surface area contributed by atoms with Crippen LogP contribution in [0.15, 0.2) is 24.3 Å². The van der Waals surface area contributed by atoms with Gasteiger partial charge in [0.2, 0.25) is 11.8 Å². The van der Waals surface area contributed by atoms with Crippen molar-refractivity contribution in [3.05, 3.63) is 29.8 Å². The number of likely N-dealkylation sites (tertiary alicyclic amines) is 2. The van der Waals surface area contributed by atoms with E-state index in [2.05, 4.69) is 4.90 Å². The minimum atomic E-state index is -0.299. The van der Waals surface area contributed by atoms with Crippen LogP contribution in [0.4, 0.5) is 0 Å². The Morgan fingerprint density at radius 2 is 1.93 bits per heavy atom. The zero-order chi connectivity index (χ0) is 21.7. The quantitative estimate of drug-likeness (QED) is 0.696. The Kier molecular flexibility index (Phi) is 7.72. The zero-order valence-electron chi connectivity index (χ0n) is 18.4. The van der Waals surface area contributed by atoms with Crippen LogP contribution in [-0.4, -0.2) is 84.6 Å². The summed E-state index contributed by atoms with van der Waals surface area (Å²) in [5, 5.41) is 9.54. The molecule has 2 fully saturated rings. The molecule has 2 amide bonds. The summed E-state index contributed by atoms with van der Waals surface area (Å²) in [6, 6.07) is 7.69. The van der Waals surface area contributed by atoms with Crippen molar-refractivity contribution < 1.29 is 19.4 Å². The number of rotatable bonds is 8. The number of β-amino-alcohol motifs (C(OH)–C–C–N with tert-alkyl or cyclic N) is 1. The Morgan fingerprint density at radius 3 is 2.53 bits per heavy atom. The van der Waals surface area contributed by atoms with Crippen LogP contribution in [0, 0.1) is 11.8 Å². The smallest absolute Gasteiger partial charge is 0.227 e. The predicted octanol–water partition coefficient (Wildman–Crippen LogP) is 1.59. The third-order valence-electron chi connectivity index (χ3n) is 6.23. The topological polar surface area (TPSA) is 73.3 Å². The highest BCUT2D eigenvalue weighted by molar-refractivity contribution is 5.89. The second-order valence-electron chi connectivity index (χ2n) is 8.84. The van der Waals surface area contributed by atoms with Gasteiger partial charge in [-0.1, -0.05) is 12.1 Å². The number of aliphatic hydroxyl groups is 1. The van der Waals surface area contributed by atoms with Crippen LogP contribution in [-0.2, 0) is 16.1 Å². The van der Waals surface area contributed by atoms with E-state index in [4.69, 9.17) is 4.74 Å². The van der Waals surface area contributed by atoms with Gasteiger partial charge in [0, 0.05) is 39.6 Å². The summed E-state index contributed by atoms with van der Waals surface area (Å²) in [5.74, 6) is 1.14. The predicted molar refractivity (Wildman–Crippen MR) is 115 cm³/mol. The fourth-order valence-electron chi connectivity index (χ4n) is 4.56. The summed E-state index contributed by atoms with van der Waals surface area (Å²) in [5.41, 5.74) is 1.04. The summed E-state index contributed by atoms with van der Waals surface area (Å²) in [7, 11) is 3.49. The molecule has 2 saturated heterocycles. The largest absolute Gasteiger partial charge is 0.497 e. The van der Waals surface area contributed by atoms with E-state index in [1.807, 2.05) is 43.1 Å². The molecule has 30 heavy (non-hydrogen) atoms. The summed E-state index contributed by atoms with van der Waals surface area (Å²) < 4.78 is 5.18. The third-order valence-corrected chi connectivity index (χ3v) is 6.23. The number of nitrogens with zero attached hydrogens (tertiary/aromatic N) is 3. The molecule has 7 nitrogen and oxygen atoms in total. The maximum Gasteiger partial charge on any atom is 0.227 e. The number of methoxy groups -OCH3 is 1. The van der Waals surface area contributed by atoms with Crippen molar-refractivity contribution in [1.82, 2.24) is 14.7 Å². The molecule has 7 heteroatoms. The number of piperidine rings is 1. The molecule has 0 bridgehead atoms. The Labute approximate surface area is 179 Å². The van der Waals surface area contributed by atoms with Crippen LogP contribution >= 0.6 is 0 Å². The summed E-state index contributed by atoms with van der Waals surface area (Å²) in [6.45, 7) is 6.23. The molecule has 2 atom stereocenters. The van der Waals surface area contributed by atoms with Crippen LogP contribution in [0.25, 0.3) is 0 Å². The fraction of sp³-hybridized carbons (Fsp3) is 0.652. The fourth-order valence-corrected chi connectivity index (χ4v) is 4.56. The number of ether oxygens (including phenoxy) is 1. The molecule has 2 heterocycles. The lowest BCUT2D eigenvalue weighted by atomic mass is 9.95. The van der Waals surface area contributed by atoms with Gasteiger partial charge < -0.3 is 24.5 Å². The molecule has 0 saturated carbocycles. The number of benzene rings is 1. The van der Waals surface area contributed by atoms with Crippen molar-refractivity contribution in [2.45, 2.75) is 38.8 Å². The Balaban J connectivity index is 1.46. The summed E-state index contributed by atoms with van der Waals surface area (Å²) in [6.07, 6.45) is 2.08. The normalized spacial score (nSPS) is 21.7. The van der Waals surface area contributed by atoms with Crippen molar-refractivity contribution in [2.75, 3.05) is 46.9 Å². The summed E-state index contributed by atoms with van der Waals surface area (Å²) in [4.78, 5) is 31.3. The van der Waals surface area contributed by atoms with E-state index >= 15 is 0 Å². The lowest BCUT2D eigenvalue weighted by Gasteiger charge is -2.34. The molecule has 1 aromatic carbocycles. The lowest BCUT2D eigenvalue weighted by Crippen LogP contribution is -2.43. The van der Waals surface area contributed by atoms with Gasteiger partial charge in [-0.25, -0.2) is 0 Å². The molecular weight excluding hydrogens is 382 g/mol. The van der Waals surface area contributed by atoms with Gasteiger partial charge in [0.1, 0.15) is 5.75 Å². The molecule has 1 aromatic rings. The van der Waals surface area contributed by atoms with Gasteiger partial charge in [-0.05, 0) is 56.5 Å². The van der Waals surface area contributed by atoms with Crippen LogP contribution < -0.4 is 4.74 Å². The van der Waals surface area contributed by atoms with E-state index in [-0.39, 0.29) is 23.8 Å². The van der Waals surface area contributed by atoms with Gasteiger partial charge in [0.05, 0.1) is 19.1 Å². The molecule has 3 rings (SSSR count). The average Bonchev–Trinajstić information content (AvgIpc) is 3.09. The Hall–Kier alpha value is -2.12. The first kappa shape index (κ1) is 22.6. The molecule has 2 aliphatic heterocycles. The maximum atomic E-state index is 12.9. The first-order valence-corrected chi connectivity index (χ1v) is 10.9. The Bertz CT molecular complexity index is 714. The van der Waals surface area contributed by atoms with Crippen LogP contribution in [0.5, 0.6) is 5.75 Å². The lowest BCUT2D eigenvalue weighted by molar-refractivity contribution is -0.135. The number of carbonyl (C=O) groups excluding carboxylic acids is 2. The molecule has 0 aromatic heterocycles. The first-order valence-electron chi connectivity index (χ1n) is 10.9. The van der Waals surface area contributed by atoms with Crippen LogP contribution in [0.3, 0.4) is 0 Å². The van der Waals surface area contributed by atoms with E-state index in [0.29, 0.717) is 25.4 Å². The Morgan fingerprint density at radius 1 is 1.27 bits per heavy atom. The standard InChI is InChI=1S/C23H35N3O4/c1-17(27)13-25-10-8-19(9-11-25)14-24(2)23(29)20-12-22(28)26(16-20)15-18-4-6-21(30-3)7-5-18/h4-7,17,19-20,27H,8-16H2,1-3H3/t17-,20-/m0/s1. The molecule has 2 aliphatic rings. The number of hydrogen-bond donors (Lipinski definition) is 1. The van der Waals surface area contributed by atoms with E-state index in [1.165, 1.54) is 0 Å². The first-order chi connectivity index (χ1) is 14.4. The highest BCUT2D eigenvalue weighted by Crippen LogP contribution is 2.24. The molecule has 0 spiro atoms. The second kappa shape index (κ2) is 10.3. The van der Waals surface area contributed by atoms with Crippen molar-refractivity contribution in [1.29, 1.82) is 0 Å². The molecule has 0 radical (unpaired) electrons. The monoisotopic (exact) mass is 417 g/mol. The minimum absolute atomic E-state index is 0.0454. The molecular formula is C23H35N3O4. The van der Waals surface area contributed by atoms with Crippen LogP contribution in [0.2, 0.25) is 0 Å². The van der Waals surface area contributed by atoms with Crippen molar-refractivity contribution >= 4 is 11.8 Å². The molecule has 1 N–H and O–H groups in total. The van der Waals surface area contributed by atoms with Gasteiger partial charge in [-0.3, -0.25) is 9.59 Å². The number of aliphatic hydroxyl groups excluding tert-OH is 1. The van der Waals surface area contributed by atoms with Crippen molar-refractivity contribution in [3.63, 3.8) is 0 Å². The van der Waals surface area contributed by atoms with Gasteiger partial charge >= 0.3 is 0 Å². The van der Waals surface area contributed by atoms with Gasteiger partial charge in [0.25, 0.3) is 0 Å². The average molecular weight is 418 g/mol. The van der Waals surface area contributed by atoms with Gasteiger partial charge in [-0.2, -0.15) is 0 Å². The molecule has 166 valence electrons. The highest BCUT2D eigenvalue weighted by Gasteiger charge is 2.36. The molecule has 0 unspecified atom stereocenters. The van der Waals surface area contributed by atoms with Crippen molar-refractivity contribution in [2.24, 2.45) is 11.8 Å². The third kappa shape index (κ3) is 5.95. The molecule has 0 aliphatic carbocycles. The van der Waals surface area contributed by atoms with Crippen molar-refractivity contribution in [3.8, 4) is 5.75 Å². The minimum Gasteiger partial charge on any atom is -0.497 e. The second-order valence-corrected chi connectivity index (χ2v) is 8.84. The van der Waals surface area contributed by atoms with E-state index in [0.717, 1.165) is 50.3 Å². The van der Waals surface area contributed by atoms with E-state index < -0.39 is 0 Å². The zero-order valence-corrected chi connectivity index (χ0v) is 18.4. The SMILES string of the molecule is COc1ccc(CN2C[C@@H](C(=O)N(C)CC3CCN(C[C@H](C)O)CC3)CC2=O)cc1. The van der Waals surface area contributed by atoms with Crippen LogP contribution in [0.1, 0.15) is 31.7 Å². The van der Waals surface area contributed by atoms with Gasteiger partial charge in [0.15, 0.2) is 0 Å². The number of hydrogen-bond acceptors (Lipinski definition) is 5. The van der Waals surface area contributed by atoms with Gasteiger partial charge in [-0.15, -0.1) is 0 Å². The highest BCUT2D eigenvalue weighted by atomic mass is 16.5. The van der Waals surface area contributed by atoms with E-state index in [9.17, 15) is 14.7 Å². The van der Waals surface area contributed by atoms with E-state index in [1.54, 1.807) is 12.0 Å². The number of carbonyl (C=O) groups is 2. The summed E-state index contributed by atoms with van der Waals surface area (Å²) >= 11 is 0. The maximum absolute atomic E-state index is 12.9.